The van der Waals surface area contributed by atoms with E-state index in [9.17, 15) is 13.6 Å². The minimum atomic E-state index is -0.737. The lowest BCUT2D eigenvalue weighted by molar-refractivity contribution is 0.591. The Morgan fingerprint density at radius 3 is 2.85 bits per heavy atom. The molecule has 0 radical (unpaired) electrons. The van der Waals surface area contributed by atoms with E-state index < -0.39 is 17.3 Å². The Kier molecular flexibility index (Phi) is 1.58. The SMILES string of the molecule is O=c1ncc2c(F)cc(F)cc2[nH]1. The first-order chi connectivity index (χ1) is 6.16. The summed E-state index contributed by atoms with van der Waals surface area (Å²) in [5.41, 5.74) is -0.519. The van der Waals surface area contributed by atoms with Crippen LogP contribution in [0.5, 0.6) is 0 Å². The Balaban J connectivity index is 2.94. The summed E-state index contributed by atoms with van der Waals surface area (Å²) in [5.74, 6) is -1.47. The lowest BCUT2D eigenvalue weighted by Gasteiger charge is -1.97. The lowest BCUT2D eigenvalue weighted by Crippen LogP contribution is -2.09. The first-order valence-corrected chi connectivity index (χ1v) is 3.51. The summed E-state index contributed by atoms with van der Waals surface area (Å²) < 4.78 is 25.6. The Morgan fingerprint density at radius 2 is 2.08 bits per heavy atom. The average Bonchev–Trinajstić information content (AvgIpc) is 2.02. The summed E-state index contributed by atoms with van der Waals surface area (Å²) in [6.45, 7) is 0. The van der Waals surface area contributed by atoms with E-state index in [2.05, 4.69) is 9.97 Å². The van der Waals surface area contributed by atoms with E-state index in [-0.39, 0.29) is 10.9 Å². The van der Waals surface area contributed by atoms with Crippen molar-refractivity contribution in [3.8, 4) is 0 Å². The summed E-state index contributed by atoms with van der Waals surface area (Å²) in [7, 11) is 0. The zero-order chi connectivity index (χ0) is 9.42. The fourth-order valence-electron chi connectivity index (χ4n) is 1.09. The highest BCUT2D eigenvalue weighted by Crippen LogP contribution is 2.14. The van der Waals surface area contributed by atoms with Crippen LogP contribution in [0, 0.1) is 11.6 Å². The van der Waals surface area contributed by atoms with Crippen LogP contribution >= 0.6 is 0 Å². The van der Waals surface area contributed by atoms with Crippen molar-refractivity contribution in [3.63, 3.8) is 0 Å². The molecule has 0 aliphatic rings. The maximum atomic E-state index is 13.0. The van der Waals surface area contributed by atoms with Gasteiger partial charge in [-0.25, -0.2) is 18.6 Å². The summed E-state index contributed by atoms with van der Waals surface area (Å²) in [5, 5.41) is 0.0981. The molecule has 66 valence electrons. The molecule has 0 unspecified atom stereocenters. The number of aromatic nitrogens is 2. The number of H-pyrrole nitrogens is 1. The summed E-state index contributed by atoms with van der Waals surface area (Å²) >= 11 is 0. The maximum absolute atomic E-state index is 13.0. The van der Waals surface area contributed by atoms with Crippen LogP contribution in [0.1, 0.15) is 0 Å². The van der Waals surface area contributed by atoms with Gasteiger partial charge in [0.05, 0.1) is 10.9 Å². The molecule has 2 aromatic rings. The monoisotopic (exact) mass is 182 g/mol. The van der Waals surface area contributed by atoms with Gasteiger partial charge in [-0.3, -0.25) is 0 Å². The van der Waals surface area contributed by atoms with E-state index >= 15 is 0 Å². The zero-order valence-corrected chi connectivity index (χ0v) is 6.34. The number of nitrogens with zero attached hydrogens (tertiary/aromatic N) is 1. The fraction of sp³-hybridized carbons (Fsp3) is 0. The number of fused-ring (bicyclic) bond motifs is 1. The number of benzene rings is 1. The topological polar surface area (TPSA) is 45.8 Å². The Morgan fingerprint density at radius 1 is 1.31 bits per heavy atom. The van der Waals surface area contributed by atoms with E-state index in [1.807, 2.05) is 0 Å². The van der Waals surface area contributed by atoms with Crippen molar-refractivity contribution in [2.45, 2.75) is 0 Å². The van der Waals surface area contributed by atoms with Crippen LogP contribution in [-0.4, -0.2) is 9.97 Å². The van der Waals surface area contributed by atoms with Gasteiger partial charge in [0.2, 0.25) is 0 Å². The van der Waals surface area contributed by atoms with Gasteiger partial charge in [0.1, 0.15) is 11.6 Å². The summed E-state index contributed by atoms with van der Waals surface area (Å²) in [6.07, 6.45) is 1.07. The smallest absolute Gasteiger partial charge is 0.305 e. The van der Waals surface area contributed by atoms with Crippen molar-refractivity contribution in [1.82, 2.24) is 9.97 Å². The quantitative estimate of drug-likeness (QED) is 0.665. The highest BCUT2D eigenvalue weighted by molar-refractivity contribution is 5.77. The van der Waals surface area contributed by atoms with E-state index in [0.717, 1.165) is 18.3 Å². The van der Waals surface area contributed by atoms with Gasteiger partial charge in [-0.1, -0.05) is 0 Å². The maximum Gasteiger partial charge on any atom is 0.345 e. The van der Waals surface area contributed by atoms with Gasteiger partial charge in [0.25, 0.3) is 0 Å². The summed E-state index contributed by atoms with van der Waals surface area (Å²) in [6, 6.07) is 1.78. The molecule has 0 saturated heterocycles. The fourth-order valence-corrected chi connectivity index (χ4v) is 1.09. The number of nitrogens with one attached hydrogen (secondary N) is 1. The van der Waals surface area contributed by atoms with Crippen LogP contribution in [-0.2, 0) is 0 Å². The van der Waals surface area contributed by atoms with Gasteiger partial charge in [-0.2, -0.15) is 0 Å². The first-order valence-electron chi connectivity index (χ1n) is 3.51. The predicted molar refractivity (Wildman–Crippen MR) is 42.3 cm³/mol. The molecule has 0 amide bonds. The van der Waals surface area contributed by atoms with Gasteiger partial charge in [-0.05, 0) is 6.07 Å². The number of aromatic amines is 1. The average molecular weight is 182 g/mol. The third-order valence-corrected chi connectivity index (χ3v) is 1.65. The minimum absolute atomic E-state index is 0.0981. The zero-order valence-electron chi connectivity index (χ0n) is 6.34. The Hall–Kier alpha value is -1.78. The second-order valence-corrected chi connectivity index (χ2v) is 2.54. The van der Waals surface area contributed by atoms with Crippen LogP contribution in [0.2, 0.25) is 0 Å². The third-order valence-electron chi connectivity index (χ3n) is 1.65. The molecular weight excluding hydrogens is 178 g/mol. The van der Waals surface area contributed by atoms with Crippen molar-refractivity contribution in [2.24, 2.45) is 0 Å². The number of halogens is 2. The molecule has 0 spiro atoms. The molecule has 0 saturated carbocycles. The molecule has 1 aromatic heterocycles. The van der Waals surface area contributed by atoms with Crippen LogP contribution < -0.4 is 5.69 Å². The molecule has 13 heavy (non-hydrogen) atoms. The molecule has 0 bridgehead atoms. The minimum Gasteiger partial charge on any atom is -0.305 e. The number of hydrogen-bond donors (Lipinski definition) is 1. The number of hydrogen-bond acceptors (Lipinski definition) is 2. The van der Waals surface area contributed by atoms with Crippen molar-refractivity contribution < 1.29 is 8.78 Å². The predicted octanol–water partition coefficient (Wildman–Crippen LogP) is 1.20. The van der Waals surface area contributed by atoms with Gasteiger partial charge >= 0.3 is 5.69 Å². The van der Waals surface area contributed by atoms with Crippen LogP contribution in [0.4, 0.5) is 8.78 Å². The molecule has 1 N–H and O–H groups in total. The van der Waals surface area contributed by atoms with Crippen LogP contribution in [0.3, 0.4) is 0 Å². The standard InChI is InChI=1S/C8H4F2N2O/c9-4-1-6(10)5-3-11-8(13)12-7(5)2-4/h1-3H,(H,11,12,13). The molecular formula is C8H4F2N2O. The van der Waals surface area contributed by atoms with Crippen molar-refractivity contribution >= 4 is 10.9 Å². The molecule has 0 aliphatic heterocycles. The molecule has 5 heteroatoms. The second-order valence-electron chi connectivity index (χ2n) is 2.54. The van der Waals surface area contributed by atoms with E-state index in [1.54, 1.807) is 0 Å². The molecule has 0 fully saturated rings. The van der Waals surface area contributed by atoms with Gasteiger partial charge in [0.15, 0.2) is 0 Å². The van der Waals surface area contributed by atoms with E-state index in [4.69, 9.17) is 0 Å². The molecule has 1 aromatic carbocycles. The first kappa shape index (κ1) is 7.85. The number of rotatable bonds is 0. The lowest BCUT2D eigenvalue weighted by atomic mass is 10.2. The Labute approximate surface area is 71.0 Å². The largest absolute Gasteiger partial charge is 0.345 e. The third kappa shape index (κ3) is 1.28. The highest BCUT2D eigenvalue weighted by Gasteiger charge is 2.04. The van der Waals surface area contributed by atoms with Gasteiger partial charge in [0, 0.05) is 12.3 Å². The highest BCUT2D eigenvalue weighted by atomic mass is 19.1. The molecule has 1 heterocycles. The van der Waals surface area contributed by atoms with Crippen molar-refractivity contribution in [1.29, 1.82) is 0 Å². The van der Waals surface area contributed by atoms with Crippen molar-refractivity contribution in [3.05, 3.63) is 40.4 Å². The molecule has 0 atom stereocenters. The second kappa shape index (κ2) is 2.62. The normalized spacial score (nSPS) is 10.6. The van der Waals surface area contributed by atoms with Crippen LogP contribution in [0.15, 0.2) is 23.1 Å². The van der Waals surface area contributed by atoms with E-state index in [1.165, 1.54) is 0 Å². The summed E-state index contributed by atoms with van der Waals surface area (Å²) in [4.78, 5) is 16.2. The molecule has 2 rings (SSSR count). The Bertz CT molecular complexity index is 521. The van der Waals surface area contributed by atoms with E-state index in [0.29, 0.717) is 0 Å². The molecule has 3 nitrogen and oxygen atoms in total. The molecule has 0 aliphatic carbocycles. The van der Waals surface area contributed by atoms with Crippen LogP contribution in [0.25, 0.3) is 10.9 Å². The van der Waals surface area contributed by atoms with Gasteiger partial charge < -0.3 is 4.98 Å². The van der Waals surface area contributed by atoms with Gasteiger partial charge in [-0.15, -0.1) is 0 Å². The van der Waals surface area contributed by atoms with Crippen molar-refractivity contribution in [2.75, 3.05) is 0 Å².